The summed E-state index contributed by atoms with van der Waals surface area (Å²) >= 11 is 6.01. The van der Waals surface area contributed by atoms with Crippen molar-refractivity contribution in [2.45, 2.75) is 13.5 Å². The SMILES string of the molecule is CNCc1ccc(-c2cc(C)c(F)cc2Cl)o1. The van der Waals surface area contributed by atoms with Gasteiger partial charge < -0.3 is 9.73 Å². The molecular formula is C13H13ClFNO. The predicted molar refractivity (Wildman–Crippen MR) is 66.6 cm³/mol. The molecule has 0 amide bonds. The summed E-state index contributed by atoms with van der Waals surface area (Å²) < 4.78 is 18.9. The largest absolute Gasteiger partial charge is 0.460 e. The van der Waals surface area contributed by atoms with Crippen LogP contribution in [-0.2, 0) is 6.54 Å². The van der Waals surface area contributed by atoms with Gasteiger partial charge in [0.1, 0.15) is 17.3 Å². The first-order valence-electron chi connectivity index (χ1n) is 5.31. The van der Waals surface area contributed by atoms with Crippen LogP contribution in [0.15, 0.2) is 28.7 Å². The van der Waals surface area contributed by atoms with Gasteiger partial charge in [-0.25, -0.2) is 4.39 Å². The molecule has 17 heavy (non-hydrogen) atoms. The van der Waals surface area contributed by atoms with Gasteiger partial charge >= 0.3 is 0 Å². The highest BCUT2D eigenvalue weighted by Crippen LogP contribution is 2.31. The van der Waals surface area contributed by atoms with Crippen LogP contribution in [-0.4, -0.2) is 7.05 Å². The maximum Gasteiger partial charge on any atom is 0.135 e. The molecule has 0 radical (unpaired) electrons. The quantitative estimate of drug-likeness (QED) is 0.901. The Balaban J connectivity index is 2.41. The fourth-order valence-electron chi connectivity index (χ4n) is 1.64. The summed E-state index contributed by atoms with van der Waals surface area (Å²) in [5, 5.41) is 3.36. The minimum Gasteiger partial charge on any atom is -0.460 e. The second-order valence-corrected chi connectivity index (χ2v) is 4.28. The van der Waals surface area contributed by atoms with Gasteiger partial charge in [-0.2, -0.15) is 0 Å². The molecule has 0 aliphatic rings. The fourth-order valence-corrected chi connectivity index (χ4v) is 1.88. The summed E-state index contributed by atoms with van der Waals surface area (Å²) in [5.74, 6) is 1.17. The van der Waals surface area contributed by atoms with Gasteiger partial charge in [0, 0.05) is 5.56 Å². The van der Waals surface area contributed by atoms with E-state index in [4.69, 9.17) is 16.0 Å². The van der Waals surface area contributed by atoms with Crippen molar-refractivity contribution in [1.29, 1.82) is 0 Å². The summed E-state index contributed by atoms with van der Waals surface area (Å²) in [5.41, 5.74) is 1.27. The summed E-state index contributed by atoms with van der Waals surface area (Å²) in [6.45, 7) is 2.35. The van der Waals surface area contributed by atoms with Crippen LogP contribution < -0.4 is 5.32 Å². The van der Waals surface area contributed by atoms with Crippen molar-refractivity contribution in [3.63, 3.8) is 0 Å². The Bertz CT molecular complexity index is 536. The monoisotopic (exact) mass is 253 g/mol. The van der Waals surface area contributed by atoms with Crippen molar-refractivity contribution in [1.82, 2.24) is 5.32 Å². The van der Waals surface area contributed by atoms with E-state index in [0.717, 1.165) is 5.76 Å². The molecule has 0 fully saturated rings. The smallest absolute Gasteiger partial charge is 0.135 e. The van der Waals surface area contributed by atoms with E-state index in [-0.39, 0.29) is 5.82 Å². The molecule has 0 saturated heterocycles. The fraction of sp³-hybridized carbons (Fsp3) is 0.231. The molecule has 0 aliphatic heterocycles. The van der Waals surface area contributed by atoms with E-state index in [2.05, 4.69) is 5.32 Å². The van der Waals surface area contributed by atoms with Crippen LogP contribution in [0.5, 0.6) is 0 Å². The Morgan fingerprint density at radius 2 is 2.12 bits per heavy atom. The standard InChI is InChI=1S/C13H13ClFNO/c1-8-5-10(11(14)6-12(8)15)13-4-3-9(17-13)7-16-2/h3-6,16H,7H2,1-2H3. The topological polar surface area (TPSA) is 25.2 Å². The third-order valence-electron chi connectivity index (χ3n) is 2.53. The van der Waals surface area contributed by atoms with Crippen molar-refractivity contribution in [2.75, 3.05) is 7.05 Å². The second-order valence-electron chi connectivity index (χ2n) is 3.88. The van der Waals surface area contributed by atoms with Crippen molar-refractivity contribution in [3.05, 3.63) is 46.4 Å². The molecule has 1 heterocycles. The zero-order chi connectivity index (χ0) is 12.4. The number of rotatable bonds is 3. The number of hydrogen-bond acceptors (Lipinski definition) is 2. The Labute approximate surface area is 104 Å². The molecule has 0 unspecified atom stereocenters. The normalized spacial score (nSPS) is 10.8. The average molecular weight is 254 g/mol. The average Bonchev–Trinajstić information content (AvgIpc) is 2.72. The number of hydrogen-bond donors (Lipinski definition) is 1. The molecule has 1 aromatic heterocycles. The highest BCUT2D eigenvalue weighted by atomic mass is 35.5. The number of aryl methyl sites for hydroxylation is 1. The van der Waals surface area contributed by atoms with Crippen LogP contribution >= 0.6 is 11.6 Å². The van der Waals surface area contributed by atoms with Gasteiger partial charge in [-0.3, -0.25) is 0 Å². The van der Waals surface area contributed by atoms with Gasteiger partial charge in [0.25, 0.3) is 0 Å². The van der Waals surface area contributed by atoms with Crippen molar-refractivity contribution >= 4 is 11.6 Å². The highest BCUT2D eigenvalue weighted by molar-refractivity contribution is 6.33. The first-order valence-corrected chi connectivity index (χ1v) is 5.69. The third-order valence-corrected chi connectivity index (χ3v) is 2.84. The van der Waals surface area contributed by atoms with Crippen molar-refractivity contribution in [2.24, 2.45) is 0 Å². The minimum atomic E-state index is -0.305. The van der Waals surface area contributed by atoms with Crippen molar-refractivity contribution in [3.8, 4) is 11.3 Å². The Morgan fingerprint density at radius 3 is 2.82 bits per heavy atom. The first-order chi connectivity index (χ1) is 8.11. The lowest BCUT2D eigenvalue weighted by Crippen LogP contribution is -2.03. The molecule has 90 valence electrons. The Hall–Kier alpha value is -1.32. The molecule has 0 bridgehead atoms. The van der Waals surface area contributed by atoms with Crippen LogP contribution in [0, 0.1) is 12.7 Å². The van der Waals surface area contributed by atoms with E-state index in [1.165, 1.54) is 6.07 Å². The summed E-state index contributed by atoms with van der Waals surface area (Å²) in [6.07, 6.45) is 0. The third kappa shape index (κ3) is 2.51. The van der Waals surface area contributed by atoms with Gasteiger partial charge in [0.05, 0.1) is 11.6 Å². The predicted octanol–water partition coefficient (Wildman–Crippen LogP) is 3.77. The molecule has 4 heteroatoms. The zero-order valence-corrected chi connectivity index (χ0v) is 10.4. The van der Waals surface area contributed by atoms with Crippen LogP contribution in [0.4, 0.5) is 4.39 Å². The lowest BCUT2D eigenvalue weighted by Gasteiger charge is -2.04. The number of benzene rings is 1. The highest BCUT2D eigenvalue weighted by Gasteiger charge is 2.11. The molecular weight excluding hydrogens is 241 g/mol. The van der Waals surface area contributed by atoms with Crippen molar-refractivity contribution < 1.29 is 8.81 Å². The van der Waals surface area contributed by atoms with E-state index >= 15 is 0 Å². The molecule has 1 N–H and O–H groups in total. The summed E-state index contributed by atoms with van der Waals surface area (Å²) in [7, 11) is 1.84. The van der Waals surface area contributed by atoms with Crippen LogP contribution in [0.2, 0.25) is 5.02 Å². The lowest BCUT2D eigenvalue weighted by atomic mass is 10.1. The Morgan fingerprint density at radius 1 is 1.35 bits per heavy atom. The number of furan rings is 1. The van der Waals surface area contributed by atoms with E-state index in [1.807, 2.05) is 19.2 Å². The Kier molecular flexibility index (Phi) is 3.50. The molecule has 2 rings (SSSR count). The van der Waals surface area contributed by atoms with Crippen LogP contribution in [0.25, 0.3) is 11.3 Å². The first kappa shape index (κ1) is 12.1. The zero-order valence-electron chi connectivity index (χ0n) is 9.68. The molecule has 2 aromatic rings. The molecule has 0 saturated carbocycles. The molecule has 1 aromatic carbocycles. The van der Waals surface area contributed by atoms with Crippen LogP contribution in [0.3, 0.4) is 0 Å². The molecule has 0 spiro atoms. The van der Waals surface area contributed by atoms with Gasteiger partial charge in [0.2, 0.25) is 0 Å². The van der Waals surface area contributed by atoms with E-state index < -0.39 is 0 Å². The minimum absolute atomic E-state index is 0.305. The lowest BCUT2D eigenvalue weighted by molar-refractivity contribution is 0.507. The summed E-state index contributed by atoms with van der Waals surface area (Å²) in [4.78, 5) is 0. The van der Waals surface area contributed by atoms with Gasteiger partial charge in [-0.15, -0.1) is 0 Å². The van der Waals surface area contributed by atoms with Crippen LogP contribution in [0.1, 0.15) is 11.3 Å². The van der Waals surface area contributed by atoms with Gasteiger partial charge in [0.15, 0.2) is 0 Å². The number of nitrogens with one attached hydrogen (secondary N) is 1. The molecule has 0 atom stereocenters. The molecule has 0 aliphatic carbocycles. The van der Waals surface area contributed by atoms with E-state index in [0.29, 0.717) is 28.5 Å². The van der Waals surface area contributed by atoms with Gasteiger partial charge in [-0.1, -0.05) is 11.6 Å². The van der Waals surface area contributed by atoms with E-state index in [1.54, 1.807) is 13.0 Å². The van der Waals surface area contributed by atoms with E-state index in [9.17, 15) is 4.39 Å². The van der Waals surface area contributed by atoms with Gasteiger partial charge in [-0.05, 0) is 43.8 Å². The maximum absolute atomic E-state index is 13.3. The second kappa shape index (κ2) is 4.90. The summed E-state index contributed by atoms with van der Waals surface area (Å²) in [6, 6.07) is 6.72. The maximum atomic E-state index is 13.3. The number of halogens is 2. The molecule has 2 nitrogen and oxygen atoms in total.